The summed E-state index contributed by atoms with van der Waals surface area (Å²) in [6, 6.07) is 6.49. The van der Waals surface area contributed by atoms with Crippen LogP contribution in [0.2, 0.25) is 0 Å². The molecular weight excluding hydrogens is 255 g/mol. The molecule has 0 spiro atoms. The van der Waals surface area contributed by atoms with Gasteiger partial charge >= 0.3 is 0 Å². The smallest absolute Gasteiger partial charge is 0.169 e. The van der Waals surface area contributed by atoms with Gasteiger partial charge in [-0.05, 0) is 43.7 Å². The minimum Gasteiger partial charge on any atom is -0.367 e. The molecule has 1 fully saturated rings. The number of hydrogen-bond acceptors (Lipinski definition) is 2. The zero-order valence-corrected chi connectivity index (χ0v) is 12.3. The van der Waals surface area contributed by atoms with Crippen molar-refractivity contribution in [2.45, 2.75) is 51.6 Å². The number of benzene rings is 1. The highest BCUT2D eigenvalue weighted by atomic mass is 19.1. The Morgan fingerprint density at radius 2 is 2.20 bits per heavy atom. The van der Waals surface area contributed by atoms with Crippen LogP contribution in [0.25, 0.3) is 0 Å². The van der Waals surface area contributed by atoms with E-state index in [1.807, 2.05) is 6.92 Å². The molecular formula is C17H23FO2. The Kier molecular flexibility index (Phi) is 4.92. The normalized spacial score (nSPS) is 26.4. The summed E-state index contributed by atoms with van der Waals surface area (Å²) in [7, 11) is 0. The monoisotopic (exact) mass is 278 g/mol. The van der Waals surface area contributed by atoms with Gasteiger partial charge in [0.2, 0.25) is 0 Å². The Hall–Kier alpha value is -1.22. The van der Waals surface area contributed by atoms with Gasteiger partial charge in [-0.2, -0.15) is 0 Å². The standard InChI is InChI=1S/C17H23FO2/c1-3-20-17(10-6-7-13(2)12-17)16(19)11-14-8-4-5-9-15(14)18/h4-5,8-9,13H,3,6-7,10-12H2,1-2H3. The van der Waals surface area contributed by atoms with Gasteiger partial charge in [0.1, 0.15) is 11.4 Å². The van der Waals surface area contributed by atoms with Crippen LogP contribution in [-0.4, -0.2) is 18.0 Å². The fraction of sp³-hybridized carbons (Fsp3) is 0.588. The number of Topliss-reactive ketones (excluding diaryl/α,β-unsaturated/α-hetero) is 1. The van der Waals surface area contributed by atoms with E-state index in [2.05, 4.69) is 6.92 Å². The Balaban J connectivity index is 2.17. The molecule has 0 bridgehead atoms. The van der Waals surface area contributed by atoms with Crippen LogP contribution in [-0.2, 0) is 16.0 Å². The van der Waals surface area contributed by atoms with Gasteiger partial charge in [-0.25, -0.2) is 4.39 Å². The Bertz CT molecular complexity index is 468. The first-order valence-electron chi connectivity index (χ1n) is 7.48. The lowest BCUT2D eigenvalue weighted by atomic mass is 9.75. The molecule has 1 saturated carbocycles. The van der Waals surface area contributed by atoms with Crippen molar-refractivity contribution in [1.29, 1.82) is 0 Å². The van der Waals surface area contributed by atoms with E-state index in [0.717, 1.165) is 25.7 Å². The van der Waals surface area contributed by atoms with Crippen LogP contribution >= 0.6 is 0 Å². The quantitative estimate of drug-likeness (QED) is 0.816. The highest BCUT2D eigenvalue weighted by molar-refractivity contribution is 5.89. The molecule has 0 saturated heterocycles. The summed E-state index contributed by atoms with van der Waals surface area (Å²) in [4.78, 5) is 12.7. The van der Waals surface area contributed by atoms with E-state index in [0.29, 0.717) is 18.1 Å². The maximum absolute atomic E-state index is 13.7. The molecule has 2 unspecified atom stereocenters. The maximum Gasteiger partial charge on any atom is 0.169 e. The molecule has 1 aromatic rings. The Labute approximate surface area is 120 Å². The average Bonchev–Trinajstić information content (AvgIpc) is 2.41. The summed E-state index contributed by atoms with van der Waals surface area (Å²) >= 11 is 0. The van der Waals surface area contributed by atoms with Gasteiger partial charge in [0.15, 0.2) is 5.78 Å². The summed E-state index contributed by atoms with van der Waals surface area (Å²) in [5.41, 5.74) is -0.232. The summed E-state index contributed by atoms with van der Waals surface area (Å²) in [6.45, 7) is 4.59. The van der Waals surface area contributed by atoms with Gasteiger partial charge in [0.25, 0.3) is 0 Å². The second kappa shape index (κ2) is 6.49. The third-order valence-corrected chi connectivity index (χ3v) is 4.19. The van der Waals surface area contributed by atoms with E-state index in [1.54, 1.807) is 18.2 Å². The topological polar surface area (TPSA) is 26.3 Å². The number of ether oxygens (including phenoxy) is 1. The lowest BCUT2D eigenvalue weighted by Crippen LogP contribution is -2.46. The molecule has 2 rings (SSSR count). The Morgan fingerprint density at radius 3 is 2.85 bits per heavy atom. The molecule has 0 amide bonds. The molecule has 0 N–H and O–H groups in total. The molecule has 2 atom stereocenters. The first kappa shape index (κ1) is 15.2. The van der Waals surface area contributed by atoms with Crippen molar-refractivity contribution in [1.82, 2.24) is 0 Å². The van der Waals surface area contributed by atoms with Gasteiger partial charge in [0, 0.05) is 13.0 Å². The highest BCUT2D eigenvalue weighted by Crippen LogP contribution is 2.36. The number of carbonyl (C=O) groups excluding carboxylic acids is 1. The number of halogens is 1. The van der Waals surface area contributed by atoms with E-state index >= 15 is 0 Å². The Morgan fingerprint density at radius 1 is 1.45 bits per heavy atom. The molecule has 0 aliphatic heterocycles. The van der Waals surface area contributed by atoms with Crippen LogP contribution < -0.4 is 0 Å². The highest BCUT2D eigenvalue weighted by Gasteiger charge is 2.42. The van der Waals surface area contributed by atoms with E-state index in [-0.39, 0.29) is 18.0 Å². The van der Waals surface area contributed by atoms with Crippen LogP contribution in [0.1, 0.15) is 45.1 Å². The van der Waals surface area contributed by atoms with Crippen molar-refractivity contribution in [3.8, 4) is 0 Å². The molecule has 0 radical (unpaired) electrons. The minimum absolute atomic E-state index is 0.0241. The van der Waals surface area contributed by atoms with Gasteiger partial charge < -0.3 is 4.74 Å². The van der Waals surface area contributed by atoms with Crippen molar-refractivity contribution in [3.63, 3.8) is 0 Å². The summed E-state index contributed by atoms with van der Waals surface area (Å²) < 4.78 is 19.6. The fourth-order valence-corrected chi connectivity index (χ4v) is 3.22. The van der Waals surface area contributed by atoms with E-state index in [9.17, 15) is 9.18 Å². The number of carbonyl (C=O) groups is 1. The molecule has 110 valence electrons. The van der Waals surface area contributed by atoms with Crippen LogP contribution in [0.4, 0.5) is 4.39 Å². The first-order valence-corrected chi connectivity index (χ1v) is 7.48. The third-order valence-electron chi connectivity index (χ3n) is 4.19. The van der Waals surface area contributed by atoms with E-state index < -0.39 is 5.60 Å². The van der Waals surface area contributed by atoms with Gasteiger partial charge in [-0.3, -0.25) is 4.79 Å². The van der Waals surface area contributed by atoms with Gasteiger partial charge in [0.05, 0.1) is 0 Å². The summed E-state index contributed by atoms with van der Waals surface area (Å²) in [5.74, 6) is 0.201. The van der Waals surface area contributed by atoms with Crippen LogP contribution in [0.3, 0.4) is 0 Å². The number of hydrogen-bond donors (Lipinski definition) is 0. The SMILES string of the molecule is CCOC1(C(=O)Cc2ccccc2F)CCCC(C)C1. The average molecular weight is 278 g/mol. The molecule has 2 nitrogen and oxygen atoms in total. The van der Waals surface area contributed by atoms with Crippen LogP contribution in [0, 0.1) is 11.7 Å². The molecule has 20 heavy (non-hydrogen) atoms. The molecule has 1 aromatic carbocycles. The van der Waals surface area contributed by atoms with Crippen molar-refractivity contribution in [2.75, 3.05) is 6.61 Å². The first-order chi connectivity index (χ1) is 9.57. The molecule has 1 aliphatic rings. The predicted octanol–water partition coefficient (Wildman–Crippen LogP) is 3.92. The molecule has 0 heterocycles. The van der Waals surface area contributed by atoms with Crippen molar-refractivity contribution >= 4 is 5.78 Å². The second-order valence-electron chi connectivity index (χ2n) is 5.82. The largest absolute Gasteiger partial charge is 0.367 e. The van der Waals surface area contributed by atoms with Crippen molar-refractivity contribution < 1.29 is 13.9 Å². The van der Waals surface area contributed by atoms with Gasteiger partial charge in [-0.1, -0.05) is 31.5 Å². The maximum atomic E-state index is 13.7. The zero-order chi connectivity index (χ0) is 14.6. The fourth-order valence-electron chi connectivity index (χ4n) is 3.22. The lowest BCUT2D eigenvalue weighted by Gasteiger charge is -2.38. The van der Waals surface area contributed by atoms with Crippen LogP contribution in [0.5, 0.6) is 0 Å². The minimum atomic E-state index is -0.700. The third kappa shape index (κ3) is 3.26. The van der Waals surface area contributed by atoms with Gasteiger partial charge in [-0.15, -0.1) is 0 Å². The van der Waals surface area contributed by atoms with Crippen molar-refractivity contribution in [3.05, 3.63) is 35.6 Å². The molecule has 0 aromatic heterocycles. The zero-order valence-electron chi connectivity index (χ0n) is 12.3. The molecule has 1 aliphatic carbocycles. The summed E-state index contributed by atoms with van der Waals surface area (Å²) in [5, 5.41) is 0. The van der Waals surface area contributed by atoms with Crippen molar-refractivity contribution in [2.24, 2.45) is 5.92 Å². The number of rotatable bonds is 5. The van der Waals surface area contributed by atoms with E-state index in [1.165, 1.54) is 6.07 Å². The second-order valence-corrected chi connectivity index (χ2v) is 5.82. The summed E-state index contributed by atoms with van der Waals surface area (Å²) in [6.07, 6.45) is 3.79. The number of ketones is 1. The van der Waals surface area contributed by atoms with E-state index in [4.69, 9.17) is 4.74 Å². The molecule has 3 heteroatoms. The predicted molar refractivity (Wildman–Crippen MR) is 77.1 cm³/mol. The lowest BCUT2D eigenvalue weighted by molar-refractivity contribution is -0.150. The van der Waals surface area contributed by atoms with Crippen LogP contribution in [0.15, 0.2) is 24.3 Å².